The van der Waals surface area contributed by atoms with E-state index in [1.807, 2.05) is 0 Å². The van der Waals surface area contributed by atoms with Crippen LogP contribution in [-0.4, -0.2) is 36.4 Å². The van der Waals surface area contributed by atoms with Crippen molar-refractivity contribution in [1.82, 2.24) is 0 Å². The maximum absolute atomic E-state index is 11.7. The third-order valence-corrected chi connectivity index (χ3v) is 6.78. The molecule has 2 atom stereocenters. The third kappa shape index (κ3) is 2.46. The molecule has 8 heteroatoms. The number of rotatable bonds is 1. The fraction of sp³-hybridized carbons (Fsp3) is 0.364. The molecule has 2 aliphatic heterocycles. The molecule has 0 aromatic heterocycles. The van der Waals surface area contributed by atoms with Crippen LogP contribution in [0.5, 0.6) is 0 Å². The molecule has 0 radical (unpaired) electrons. The second-order valence-corrected chi connectivity index (χ2v) is 8.86. The number of fused-ring (bicyclic) bond motifs is 1. The highest BCUT2D eigenvalue weighted by Crippen LogP contribution is 2.41. The van der Waals surface area contributed by atoms with Crippen LogP contribution in [-0.2, 0) is 9.84 Å². The molecule has 4 nitrogen and oxygen atoms in total. The average Bonchev–Trinajstić information content (AvgIpc) is 2.66. The Morgan fingerprint density at radius 3 is 2.47 bits per heavy atom. The number of nitrogens with one attached hydrogen (secondary N) is 1. The van der Waals surface area contributed by atoms with Crippen molar-refractivity contribution in [3.05, 3.63) is 28.2 Å². The molecule has 2 fully saturated rings. The van der Waals surface area contributed by atoms with E-state index < -0.39 is 9.84 Å². The lowest BCUT2D eigenvalue weighted by Crippen LogP contribution is -2.37. The van der Waals surface area contributed by atoms with Gasteiger partial charge in [0.1, 0.15) is 0 Å². The molecular formula is C11H10Cl2N2O2S2. The maximum atomic E-state index is 11.7. The molecule has 0 saturated carbocycles. The molecule has 1 aromatic carbocycles. The molecule has 3 rings (SSSR count). The Kier molecular flexibility index (Phi) is 3.24. The van der Waals surface area contributed by atoms with Crippen LogP contribution in [0.2, 0.25) is 10.0 Å². The summed E-state index contributed by atoms with van der Waals surface area (Å²) in [4.78, 5) is 1.72. The van der Waals surface area contributed by atoms with Gasteiger partial charge in [-0.05, 0) is 18.2 Å². The van der Waals surface area contributed by atoms with Crippen molar-refractivity contribution in [3.63, 3.8) is 0 Å². The van der Waals surface area contributed by atoms with Gasteiger partial charge in [0, 0.05) is 21.0 Å². The van der Waals surface area contributed by atoms with Gasteiger partial charge in [-0.15, -0.1) is 0 Å². The van der Waals surface area contributed by atoms with Gasteiger partial charge in [0.25, 0.3) is 0 Å². The highest BCUT2D eigenvalue weighted by atomic mass is 35.5. The molecule has 1 N–H and O–H groups in total. The SMILES string of the molecule is N=C1S[C@H]2CS(=O)(=O)C[C@@H]2N1c1cc(Cl)cc(Cl)c1. The van der Waals surface area contributed by atoms with E-state index in [-0.39, 0.29) is 22.8 Å². The number of benzene rings is 1. The number of nitrogens with zero attached hydrogens (tertiary/aromatic N) is 1. The molecule has 2 heterocycles. The van der Waals surface area contributed by atoms with E-state index in [0.29, 0.717) is 20.9 Å². The van der Waals surface area contributed by atoms with E-state index in [4.69, 9.17) is 28.6 Å². The third-order valence-electron chi connectivity index (χ3n) is 3.21. The molecule has 0 unspecified atom stereocenters. The smallest absolute Gasteiger partial charge is 0.161 e. The van der Waals surface area contributed by atoms with Crippen molar-refractivity contribution in [2.45, 2.75) is 11.3 Å². The first-order valence-electron chi connectivity index (χ1n) is 5.57. The topological polar surface area (TPSA) is 61.2 Å². The van der Waals surface area contributed by atoms with Gasteiger partial charge in [0.05, 0.1) is 17.5 Å². The van der Waals surface area contributed by atoms with Gasteiger partial charge >= 0.3 is 0 Å². The molecule has 0 aliphatic carbocycles. The number of hydrogen-bond donors (Lipinski definition) is 1. The predicted octanol–water partition coefficient (Wildman–Crippen LogP) is 2.65. The van der Waals surface area contributed by atoms with Crippen LogP contribution in [0.25, 0.3) is 0 Å². The molecule has 2 aliphatic rings. The van der Waals surface area contributed by atoms with E-state index in [1.54, 1.807) is 23.1 Å². The Morgan fingerprint density at radius 2 is 1.84 bits per heavy atom. The van der Waals surface area contributed by atoms with Gasteiger partial charge in [-0.1, -0.05) is 35.0 Å². The number of hydrogen-bond acceptors (Lipinski definition) is 4. The highest BCUT2D eigenvalue weighted by molar-refractivity contribution is 8.15. The van der Waals surface area contributed by atoms with Crippen molar-refractivity contribution in [1.29, 1.82) is 5.41 Å². The van der Waals surface area contributed by atoms with Crippen molar-refractivity contribution in [2.75, 3.05) is 16.4 Å². The largest absolute Gasteiger partial charge is 0.316 e. The Labute approximate surface area is 125 Å². The summed E-state index contributed by atoms with van der Waals surface area (Å²) in [6.07, 6.45) is 0. The first-order valence-corrected chi connectivity index (χ1v) is 9.02. The molecule has 1 aromatic rings. The van der Waals surface area contributed by atoms with Gasteiger partial charge in [0.2, 0.25) is 0 Å². The van der Waals surface area contributed by atoms with E-state index in [2.05, 4.69) is 0 Å². The summed E-state index contributed by atoms with van der Waals surface area (Å²) in [6.45, 7) is 0. The van der Waals surface area contributed by atoms with Gasteiger partial charge in [-0.2, -0.15) is 0 Å². The molecule has 19 heavy (non-hydrogen) atoms. The number of halogens is 2. The normalized spacial score (nSPS) is 28.7. The van der Waals surface area contributed by atoms with Crippen LogP contribution >= 0.6 is 35.0 Å². The molecule has 0 spiro atoms. The lowest BCUT2D eigenvalue weighted by Gasteiger charge is -2.24. The fourth-order valence-corrected chi connectivity index (χ4v) is 6.80. The number of thioether (sulfide) groups is 1. The second-order valence-electron chi connectivity index (χ2n) is 4.60. The Balaban J connectivity index is 2.02. The van der Waals surface area contributed by atoms with Crippen LogP contribution in [0.3, 0.4) is 0 Å². The molecule has 0 amide bonds. The lowest BCUT2D eigenvalue weighted by molar-refractivity contribution is 0.601. The van der Waals surface area contributed by atoms with Gasteiger partial charge in [-0.3, -0.25) is 5.41 Å². The van der Waals surface area contributed by atoms with Crippen LogP contribution in [0.4, 0.5) is 5.69 Å². The zero-order chi connectivity index (χ0) is 13.8. The van der Waals surface area contributed by atoms with Crippen LogP contribution < -0.4 is 4.90 Å². The standard InChI is InChI=1S/C11H10Cl2N2O2S2/c12-6-1-7(13)3-8(2-6)15-9-4-19(16,17)5-10(9)18-11(15)14/h1-3,9-10,14H,4-5H2/t9-,10-/m0/s1. The first-order chi connectivity index (χ1) is 8.85. The molecular weight excluding hydrogens is 327 g/mol. The summed E-state index contributed by atoms with van der Waals surface area (Å²) in [6, 6.07) is 4.82. The summed E-state index contributed by atoms with van der Waals surface area (Å²) >= 11 is 13.2. The Bertz CT molecular complexity index is 642. The van der Waals surface area contributed by atoms with Crippen molar-refractivity contribution in [3.8, 4) is 0 Å². The van der Waals surface area contributed by atoms with Gasteiger partial charge < -0.3 is 4.90 Å². The Morgan fingerprint density at radius 1 is 1.21 bits per heavy atom. The predicted molar refractivity (Wildman–Crippen MR) is 80.5 cm³/mol. The minimum Gasteiger partial charge on any atom is -0.316 e. The van der Waals surface area contributed by atoms with E-state index in [9.17, 15) is 8.42 Å². The van der Waals surface area contributed by atoms with E-state index >= 15 is 0 Å². The molecule has 0 bridgehead atoms. The second kappa shape index (κ2) is 4.55. The van der Waals surface area contributed by atoms with Gasteiger partial charge in [0.15, 0.2) is 15.0 Å². The zero-order valence-corrected chi connectivity index (χ0v) is 12.8. The van der Waals surface area contributed by atoms with Crippen LogP contribution in [0, 0.1) is 5.41 Å². The van der Waals surface area contributed by atoms with Crippen LogP contribution in [0.1, 0.15) is 0 Å². The molecule has 2 saturated heterocycles. The summed E-state index contributed by atoms with van der Waals surface area (Å²) in [7, 11) is -3.02. The molecule has 102 valence electrons. The summed E-state index contributed by atoms with van der Waals surface area (Å²) in [5, 5.41) is 9.25. The maximum Gasteiger partial charge on any atom is 0.161 e. The van der Waals surface area contributed by atoms with Crippen molar-refractivity contribution < 1.29 is 8.42 Å². The number of sulfone groups is 1. The van der Waals surface area contributed by atoms with Crippen LogP contribution in [0.15, 0.2) is 18.2 Å². The summed E-state index contributed by atoms with van der Waals surface area (Å²) in [5.41, 5.74) is 0.680. The highest BCUT2D eigenvalue weighted by Gasteiger charge is 2.48. The minimum absolute atomic E-state index is 0.0738. The monoisotopic (exact) mass is 336 g/mol. The fourth-order valence-electron chi connectivity index (χ4n) is 2.49. The Hall–Kier alpha value is -0.430. The van der Waals surface area contributed by atoms with E-state index in [1.165, 1.54) is 11.8 Å². The van der Waals surface area contributed by atoms with E-state index in [0.717, 1.165) is 0 Å². The minimum atomic E-state index is -3.02. The summed E-state index contributed by atoms with van der Waals surface area (Å²) in [5.74, 6) is 0.215. The first kappa shape index (κ1) is 13.5. The van der Waals surface area contributed by atoms with Crippen molar-refractivity contribution in [2.24, 2.45) is 0 Å². The quantitative estimate of drug-likeness (QED) is 0.856. The lowest BCUT2D eigenvalue weighted by atomic mass is 10.2. The number of amidine groups is 1. The number of anilines is 1. The zero-order valence-electron chi connectivity index (χ0n) is 9.64. The average molecular weight is 337 g/mol. The van der Waals surface area contributed by atoms with Gasteiger partial charge in [-0.25, -0.2) is 8.42 Å². The van der Waals surface area contributed by atoms with Crippen molar-refractivity contribution >= 4 is 55.7 Å². The summed E-state index contributed by atoms with van der Waals surface area (Å²) < 4.78 is 23.4.